The molecule has 0 unspecified atom stereocenters. The normalized spacial score (nSPS) is 14.1. The molecule has 1 heterocycles. The Labute approximate surface area is 146 Å². The van der Waals surface area contributed by atoms with Crippen LogP contribution in [0, 0.1) is 12.3 Å². The minimum atomic E-state index is -0.0934. The van der Waals surface area contributed by atoms with Crippen molar-refractivity contribution < 1.29 is 4.79 Å². The summed E-state index contributed by atoms with van der Waals surface area (Å²) in [5.41, 5.74) is 3.67. The van der Waals surface area contributed by atoms with Crippen molar-refractivity contribution in [1.29, 1.82) is 5.41 Å². The molecule has 5 heteroatoms. The summed E-state index contributed by atoms with van der Waals surface area (Å²) in [5, 5.41) is 11.5. The van der Waals surface area contributed by atoms with E-state index in [0.717, 1.165) is 41.9 Å². The SMILES string of the molecule is Cc1cc(NC(=O)Cc2ccccc2Cl)ccc1N1CCCC1=N. The van der Waals surface area contributed by atoms with Crippen LogP contribution in [-0.4, -0.2) is 18.3 Å². The van der Waals surface area contributed by atoms with Gasteiger partial charge in [0.25, 0.3) is 0 Å². The summed E-state index contributed by atoms with van der Waals surface area (Å²) in [7, 11) is 0. The highest BCUT2D eigenvalue weighted by Crippen LogP contribution is 2.27. The fraction of sp³-hybridized carbons (Fsp3) is 0.263. The van der Waals surface area contributed by atoms with Gasteiger partial charge in [0.05, 0.1) is 6.42 Å². The molecule has 1 aliphatic rings. The smallest absolute Gasteiger partial charge is 0.228 e. The minimum Gasteiger partial charge on any atom is -0.330 e. The first-order valence-electron chi connectivity index (χ1n) is 8.03. The third-order valence-electron chi connectivity index (χ3n) is 4.20. The summed E-state index contributed by atoms with van der Waals surface area (Å²) in [6.45, 7) is 2.89. The van der Waals surface area contributed by atoms with Crippen molar-refractivity contribution in [3.8, 4) is 0 Å². The average Bonchev–Trinajstić information content (AvgIpc) is 2.96. The first-order valence-corrected chi connectivity index (χ1v) is 8.41. The first-order chi connectivity index (χ1) is 11.5. The molecule has 2 aromatic carbocycles. The molecule has 24 heavy (non-hydrogen) atoms. The molecule has 0 atom stereocenters. The van der Waals surface area contributed by atoms with E-state index >= 15 is 0 Å². The Balaban J connectivity index is 1.69. The summed E-state index contributed by atoms with van der Waals surface area (Å²) < 4.78 is 0. The highest BCUT2D eigenvalue weighted by Gasteiger charge is 2.20. The van der Waals surface area contributed by atoms with Gasteiger partial charge >= 0.3 is 0 Å². The number of carbonyl (C=O) groups is 1. The molecule has 4 nitrogen and oxygen atoms in total. The van der Waals surface area contributed by atoms with Crippen LogP contribution in [0.1, 0.15) is 24.0 Å². The Morgan fingerprint density at radius 1 is 1.29 bits per heavy atom. The van der Waals surface area contributed by atoms with E-state index in [1.807, 2.05) is 48.2 Å². The van der Waals surface area contributed by atoms with E-state index in [1.54, 1.807) is 6.07 Å². The van der Waals surface area contributed by atoms with E-state index in [1.165, 1.54) is 0 Å². The Bertz CT molecular complexity index is 788. The maximum atomic E-state index is 12.2. The van der Waals surface area contributed by atoms with Crippen molar-refractivity contribution in [2.24, 2.45) is 0 Å². The molecule has 124 valence electrons. The van der Waals surface area contributed by atoms with Gasteiger partial charge < -0.3 is 10.2 Å². The maximum absolute atomic E-state index is 12.2. The number of anilines is 2. The van der Waals surface area contributed by atoms with Gasteiger partial charge in [-0.2, -0.15) is 0 Å². The van der Waals surface area contributed by atoms with Gasteiger partial charge in [0.15, 0.2) is 0 Å². The molecule has 0 aliphatic carbocycles. The van der Waals surface area contributed by atoms with Gasteiger partial charge in [-0.15, -0.1) is 0 Å². The van der Waals surface area contributed by atoms with Crippen LogP contribution < -0.4 is 10.2 Å². The second-order valence-electron chi connectivity index (χ2n) is 6.02. The maximum Gasteiger partial charge on any atom is 0.228 e. The van der Waals surface area contributed by atoms with Crippen molar-refractivity contribution in [3.63, 3.8) is 0 Å². The molecule has 0 bridgehead atoms. The summed E-state index contributed by atoms with van der Waals surface area (Å²) >= 11 is 6.10. The van der Waals surface area contributed by atoms with Gasteiger partial charge in [0, 0.05) is 29.4 Å². The van der Waals surface area contributed by atoms with Crippen LogP contribution in [0.5, 0.6) is 0 Å². The van der Waals surface area contributed by atoms with E-state index in [4.69, 9.17) is 17.0 Å². The molecule has 1 aliphatic heterocycles. The Kier molecular flexibility index (Phi) is 4.86. The zero-order valence-electron chi connectivity index (χ0n) is 13.6. The summed E-state index contributed by atoms with van der Waals surface area (Å²) in [6, 6.07) is 13.2. The molecule has 2 N–H and O–H groups in total. The number of hydrogen-bond acceptors (Lipinski definition) is 2. The third-order valence-corrected chi connectivity index (χ3v) is 4.57. The van der Waals surface area contributed by atoms with Crippen LogP contribution in [0.2, 0.25) is 5.02 Å². The summed E-state index contributed by atoms with van der Waals surface area (Å²) in [6.07, 6.45) is 2.10. The predicted octanol–water partition coefficient (Wildman–Crippen LogP) is 4.41. The molecular formula is C19H20ClN3O. The van der Waals surface area contributed by atoms with Crippen LogP contribution >= 0.6 is 11.6 Å². The largest absolute Gasteiger partial charge is 0.330 e. The Morgan fingerprint density at radius 2 is 2.08 bits per heavy atom. The topological polar surface area (TPSA) is 56.2 Å². The lowest BCUT2D eigenvalue weighted by Crippen LogP contribution is -2.24. The molecule has 3 rings (SSSR count). The number of nitrogens with one attached hydrogen (secondary N) is 2. The van der Waals surface area contributed by atoms with Crippen molar-refractivity contribution in [3.05, 3.63) is 58.6 Å². The number of nitrogens with zero attached hydrogens (tertiary/aromatic N) is 1. The molecule has 0 radical (unpaired) electrons. The summed E-state index contributed by atoms with van der Waals surface area (Å²) in [5.74, 6) is 0.567. The van der Waals surface area contributed by atoms with Gasteiger partial charge in [-0.3, -0.25) is 10.2 Å². The van der Waals surface area contributed by atoms with Crippen molar-refractivity contribution in [2.75, 3.05) is 16.8 Å². The molecule has 2 aromatic rings. The van der Waals surface area contributed by atoms with E-state index in [0.29, 0.717) is 10.9 Å². The number of carbonyl (C=O) groups excluding carboxylic acids is 1. The number of amidine groups is 1. The highest BCUT2D eigenvalue weighted by molar-refractivity contribution is 6.31. The second-order valence-corrected chi connectivity index (χ2v) is 6.43. The zero-order valence-corrected chi connectivity index (χ0v) is 14.4. The lowest BCUT2D eigenvalue weighted by atomic mass is 10.1. The molecule has 1 fully saturated rings. The van der Waals surface area contributed by atoms with Crippen molar-refractivity contribution >= 4 is 34.7 Å². The van der Waals surface area contributed by atoms with Crippen LogP contribution in [0.4, 0.5) is 11.4 Å². The fourth-order valence-corrected chi connectivity index (χ4v) is 3.20. The average molecular weight is 342 g/mol. The summed E-state index contributed by atoms with van der Waals surface area (Å²) in [4.78, 5) is 14.3. The molecular weight excluding hydrogens is 322 g/mol. The third kappa shape index (κ3) is 3.60. The van der Waals surface area contributed by atoms with Gasteiger partial charge in [-0.05, 0) is 48.7 Å². The Morgan fingerprint density at radius 3 is 2.75 bits per heavy atom. The van der Waals surface area contributed by atoms with Gasteiger partial charge in [0.2, 0.25) is 5.91 Å². The quantitative estimate of drug-likeness (QED) is 0.865. The predicted molar refractivity (Wildman–Crippen MR) is 99.3 cm³/mol. The zero-order chi connectivity index (χ0) is 17.1. The van der Waals surface area contributed by atoms with Crippen LogP contribution in [0.25, 0.3) is 0 Å². The number of benzene rings is 2. The van der Waals surface area contributed by atoms with Gasteiger partial charge in [-0.25, -0.2) is 0 Å². The lowest BCUT2D eigenvalue weighted by Gasteiger charge is -2.21. The second kappa shape index (κ2) is 7.05. The van der Waals surface area contributed by atoms with E-state index < -0.39 is 0 Å². The number of aryl methyl sites for hydroxylation is 1. The molecule has 0 saturated carbocycles. The van der Waals surface area contributed by atoms with Crippen LogP contribution in [0.15, 0.2) is 42.5 Å². The van der Waals surface area contributed by atoms with Gasteiger partial charge in [0.1, 0.15) is 5.84 Å². The highest BCUT2D eigenvalue weighted by atomic mass is 35.5. The lowest BCUT2D eigenvalue weighted by molar-refractivity contribution is -0.115. The van der Waals surface area contributed by atoms with Crippen LogP contribution in [-0.2, 0) is 11.2 Å². The number of hydrogen-bond donors (Lipinski definition) is 2. The Hall–Kier alpha value is -2.33. The molecule has 0 spiro atoms. The number of amides is 1. The van der Waals surface area contributed by atoms with Gasteiger partial charge in [-0.1, -0.05) is 29.8 Å². The number of halogens is 1. The van der Waals surface area contributed by atoms with E-state index in [-0.39, 0.29) is 12.3 Å². The van der Waals surface area contributed by atoms with Crippen LogP contribution in [0.3, 0.4) is 0 Å². The standard InChI is InChI=1S/C19H20ClN3O/c1-13-11-15(8-9-17(13)23-10-4-7-18(23)21)22-19(24)12-14-5-2-3-6-16(14)20/h2-3,5-6,8-9,11,21H,4,7,10,12H2,1H3,(H,22,24). The van der Waals surface area contributed by atoms with E-state index in [2.05, 4.69) is 5.32 Å². The molecule has 1 saturated heterocycles. The molecule has 0 aromatic heterocycles. The molecule has 1 amide bonds. The number of rotatable bonds is 4. The van der Waals surface area contributed by atoms with Crippen molar-refractivity contribution in [1.82, 2.24) is 0 Å². The monoisotopic (exact) mass is 341 g/mol. The van der Waals surface area contributed by atoms with E-state index in [9.17, 15) is 4.79 Å². The van der Waals surface area contributed by atoms with Crippen molar-refractivity contribution in [2.45, 2.75) is 26.2 Å². The first kappa shape index (κ1) is 16.5. The fourth-order valence-electron chi connectivity index (χ4n) is 3.00. The minimum absolute atomic E-state index is 0.0934.